The van der Waals surface area contributed by atoms with Gasteiger partial charge in [-0.3, -0.25) is 0 Å². The van der Waals surface area contributed by atoms with Crippen molar-refractivity contribution >= 4 is 11.4 Å². The highest BCUT2D eigenvalue weighted by Crippen LogP contribution is 2.54. The van der Waals surface area contributed by atoms with E-state index in [2.05, 4.69) is 237 Å². The molecule has 5 heteroatoms. The first-order valence-corrected chi connectivity index (χ1v) is 22.9. The molecule has 13 rings (SSSR count). The Labute approximate surface area is 393 Å². The average molecular weight is 866 g/mol. The Morgan fingerprint density at radius 3 is 1.31 bits per heavy atom. The molecular weight excluding hydrogens is 827 g/mol. The van der Waals surface area contributed by atoms with Crippen LogP contribution in [0.4, 0.5) is 11.4 Å². The van der Waals surface area contributed by atoms with Gasteiger partial charge in [-0.2, -0.15) is 0 Å². The van der Waals surface area contributed by atoms with Gasteiger partial charge in [-0.1, -0.05) is 206 Å². The number of benzene rings is 10. The molecule has 11 aromatic rings. The fraction of sp³-hybridized carbons (Fsp3) is 0. The van der Waals surface area contributed by atoms with Crippen molar-refractivity contribution in [3.63, 3.8) is 0 Å². The number of aromatic nitrogens is 3. The van der Waals surface area contributed by atoms with Crippen LogP contribution in [0.1, 0.15) is 0 Å². The third kappa shape index (κ3) is 6.44. The van der Waals surface area contributed by atoms with Crippen LogP contribution in [0.2, 0.25) is 0 Å². The second kappa shape index (κ2) is 16.4. The van der Waals surface area contributed by atoms with Crippen molar-refractivity contribution in [3.8, 4) is 100 Å². The molecule has 0 bridgehead atoms. The molecule has 5 nitrogen and oxygen atoms in total. The van der Waals surface area contributed by atoms with E-state index in [0.29, 0.717) is 5.69 Å². The second-order valence-corrected chi connectivity index (χ2v) is 17.1. The summed E-state index contributed by atoms with van der Waals surface area (Å²) in [5.41, 5.74) is 19.9. The minimum Gasteiger partial charge on any atom is -0.248 e. The van der Waals surface area contributed by atoms with Gasteiger partial charge in [0.05, 0.1) is 22.1 Å². The Hall–Kier alpha value is -9.19. The third-order valence-electron chi connectivity index (χ3n) is 13.3. The van der Waals surface area contributed by atoms with Crippen LogP contribution >= 0.6 is 0 Å². The molecule has 3 heterocycles. The molecule has 0 radical (unpaired) electrons. The van der Waals surface area contributed by atoms with Crippen LogP contribution in [0.25, 0.3) is 100 Å². The first kappa shape index (κ1) is 39.2. The summed E-state index contributed by atoms with van der Waals surface area (Å²) in [7, 11) is 0. The summed E-state index contributed by atoms with van der Waals surface area (Å²) in [4.78, 5) is 10.7. The zero-order chi connectivity index (χ0) is 45.0. The Kier molecular flexibility index (Phi) is 9.43. The number of hydrogen-bond acceptors (Lipinski definition) is 5. The Morgan fingerprint density at radius 2 is 0.691 bits per heavy atom. The van der Waals surface area contributed by atoms with Gasteiger partial charge in [0.25, 0.3) is 0 Å². The number of para-hydroxylation sites is 1. The van der Waals surface area contributed by atoms with E-state index in [1.165, 1.54) is 0 Å². The van der Waals surface area contributed by atoms with Crippen LogP contribution in [0.3, 0.4) is 0 Å². The van der Waals surface area contributed by atoms with Crippen molar-refractivity contribution < 1.29 is 0 Å². The molecule has 0 N–H and O–H groups in total. The number of nitrogens with zero attached hydrogens (tertiary/aromatic N) is 5. The molecule has 316 valence electrons. The molecule has 0 fully saturated rings. The average Bonchev–Trinajstić information content (AvgIpc) is 4.00. The van der Waals surface area contributed by atoms with E-state index in [1.807, 2.05) is 0 Å². The highest BCUT2D eigenvalue weighted by Gasteiger charge is 2.31. The zero-order valence-electron chi connectivity index (χ0n) is 36.8. The van der Waals surface area contributed by atoms with Crippen molar-refractivity contribution in [1.29, 1.82) is 0 Å². The van der Waals surface area contributed by atoms with Crippen molar-refractivity contribution in [2.45, 2.75) is 0 Å². The maximum absolute atomic E-state index is 5.38. The molecule has 0 atom stereocenters. The fourth-order valence-electron chi connectivity index (χ4n) is 10.3. The highest BCUT2D eigenvalue weighted by atomic mass is 15.3. The normalized spacial score (nSPS) is 11.8. The molecule has 0 saturated heterocycles. The predicted molar refractivity (Wildman–Crippen MR) is 274 cm³/mol. The molecule has 0 spiro atoms. The molecule has 1 aromatic heterocycles. The smallest absolute Gasteiger partial charge is 0.105 e. The van der Waals surface area contributed by atoms with Crippen molar-refractivity contribution in [1.82, 2.24) is 15.4 Å². The summed E-state index contributed by atoms with van der Waals surface area (Å²) in [5.74, 6) is 0. The van der Waals surface area contributed by atoms with Gasteiger partial charge in [-0.05, 0) is 91.2 Å². The molecule has 2 aliphatic rings. The van der Waals surface area contributed by atoms with Crippen molar-refractivity contribution in [3.05, 3.63) is 258 Å². The van der Waals surface area contributed by atoms with Gasteiger partial charge in [-0.15, -0.1) is 10.2 Å². The Balaban J connectivity index is 1.17. The van der Waals surface area contributed by atoms with E-state index in [0.717, 1.165) is 127 Å². The van der Waals surface area contributed by atoms with Crippen LogP contribution < -0.4 is 10.7 Å². The topological polar surface area (TPSA) is 63.4 Å². The van der Waals surface area contributed by atoms with Gasteiger partial charge in [0, 0.05) is 43.8 Å². The maximum atomic E-state index is 5.38. The predicted octanol–water partition coefficient (Wildman–Crippen LogP) is 14.7. The summed E-state index contributed by atoms with van der Waals surface area (Å²) >= 11 is 0. The summed E-state index contributed by atoms with van der Waals surface area (Å²) in [6, 6.07) is 83.4. The zero-order valence-corrected chi connectivity index (χ0v) is 36.8. The summed E-state index contributed by atoms with van der Waals surface area (Å²) in [5, 5.41) is 19.0. The monoisotopic (exact) mass is 865 g/mol. The minimum absolute atomic E-state index is 0.714. The van der Waals surface area contributed by atoms with Gasteiger partial charge in [0.2, 0.25) is 0 Å². The van der Waals surface area contributed by atoms with Crippen molar-refractivity contribution in [2.75, 3.05) is 0 Å². The van der Waals surface area contributed by atoms with Crippen LogP contribution in [0, 0.1) is 10.4 Å². The molecule has 0 saturated carbocycles. The maximum Gasteiger partial charge on any atom is 0.105 e. The van der Waals surface area contributed by atoms with E-state index in [-0.39, 0.29) is 0 Å². The lowest BCUT2D eigenvalue weighted by Crippen LogP contribution is -2.04. The van der Waals surface area contributed by atoms with Crippen LogP contribution in [-0.4, -0.2) is 15.4 Å². The molecule has 68 heavy (non-hydrogen) atoms. The Bertz CT molecular complexity index is 4020. The van der Waals surface area contributed by atoms with Crippen LogP contribution in [-0.2, 0) is 0 Å². The minimum atomic E-state index is 0.714. The van der Waals surface area contributed by atoms with Gasteiger partial charge < -0.3 is 0 Å². The van der Waals surface area contributed by atoms with E-state index in [1.54, 1.807) is 0 Å². The first-order chi connectivity index (χ1) is 33.8. The van der Waals surface area contributed by atoms with E-state index < -0.39 is 0 Å². The largest absolute Gasteiger partial charge is 0.248 e. The van der Waals surface area contributed by atoms with Gasteiger partial charge >= 0.3 is 0 Å². The van der Waals surface area contributed by atoms with E-state index >= 15 is 0 Å². The molecular formula is C63H39N5. The summed E-state index contributed by atoms with van der Waals surface area (Å²) < 4.78 is 0. The second-order valence-electron chi connectivity index (χ2n) is 17.1. The quantitative estimate of drug-likeness (QED) is 0.153. The van der Waals surface area contributed by atoms with E-state index in [4.69, 9.17) is 25.4 Å². The molecule has 0 amide bonds. The summed E-state index contributed by atoms with van der Waals surface area (Å²) in [6.07, 6.45) is 0. The van der Waals surface area contributed by atoms with E-state index in [9.17, 15) is 0 Å². The molecule has 10 aromatic carbocycles. The number of hydrogen-bond donors (Lipinski definition) is 0. The highest BCUT2D eigenvalue weighted by molar-refractivity contribution is 6.09. The molecule has 2 aliphatic heterocycles. The standard InChI is InChI=1S/C63H39N5/c1-4-20-40(21-5-1)43-26-10-13-29-46(43)47-30-14-16-33-50(47)57-53(37-39-55-59(57)60-56(64-55)38-36-52-48-31-18-19-35-54(48)65-61(52)60)63-58(49-32-15-11-27-44(49)41-22-6-2-7-23-41)62(66-68-67-63)51-34-17-12-28-45(51)42-24-8-3-9-25-42/h1-39H. The lowest BCUT2D eigenvalue weighted by atomic mass is 9.81. The van der Waals surface area contributed by atoms with Crippen LogP contribution in [0.15, 0.2) is 247 Å². The Morgan fingerprint density at radius 1 is 0.235 bits per heavy atom. The van der Waals surface area contributed by atoms with Gasteiger partial charge in [0.15, 0.2) is 0 Å². The van der Waals surface area contributed by atoms with Gasteiger partial charge in [0.1, 0.15) is 11.4 Å². The first-order valence-electron chi connectivity index (χ1n) is 22.9. The molecule has 0 aliphatic carbocycles. The summed E-state index contributed by atoms with van der Waals surface area (Å²) in [6.45, 7) is 0. The van der Waals surface area contributed by atoms with Gasteiger partial charge in [-0.25, -0.2) is 9.98 Å². The molecule has 0 unspecified atom stereocenters. The SMILES string of the molecule is c1ccc(-c2ccccc2-c2ccccc2-c2c(-c3nnnc(-c4ccccc4-c4ccccc4)c3-c3ccccc3-c3ccccc3)ccc3c2-c2c4c(ccc2=N3)=c2ccccc2=N4)cc1. The lowest BCUT2D eigenvalue weighted by molar-refractivity contribution is 0.879. The number of rotatable bonds is 8. The number of fused-ring (bicyclic) bond motifs is 6. The fourth-order valence-corrected chi connectivity index (χ4v) is 10.3. The lowest BCUT2D eigenvalue weighted by Gasteiger charge is -2.22. The third-order valence-corrected chi connectivity index (χ3v) is 13.3. The van der Waals surface area contributed by atoms with Crippen molar-refractivity contribution in [2.24, 2.45) is 9.98 Å². The van der Waals surface area contributed by atoms with Crippen LogP contribution in [0.5, 0.6) is 0 Å².